The Morgan fingerprint density at radius 1 is 1.10 bits per heavy atom. The summed E-state index contributed by atoms with van der Waals surface area (Å²) >= 11 is 0. The summed E-state index contributed by atoms with van der Waals surface area (Å²) in [4.78, 5) is 34.4. The number of pyridine rings is 1. The van der Waals surface area contributed by atoms with Gasteiger partial charge in [-0.2, -0.15) is 0 Å². The van der Waals surface area contributed by atoms with Gasteiger partial charge in [0, 0.05) is 44.5 Å². The molecule has 1 saturated heterocycles. The number of aromatic nitrogens is 1. The summed E-state index contributed by atoms with van der Waals surface area (Å²) in [5.41, 5.74) is 3.31. The van der Waals surface area contributed by atoms with Crippen LogP contribution in [0.3, 0.4) is 0 Å². The zero-order chi connectivity index (χ0) is 21.6. The molecule has 0 N–H and O–H groups in total. The molecule has 5 nitrogen and oxygen atoms in total. The molecule has 4 rings (SSSR count). The quantitative estimate of drug-likeness (QED) is 0.692. The van der Waals surface area contributed by atoms with Crippen molar-refractivity contribution in [1.82, 2.24) is 14.8 Å². The molecule has 2 atom stereocenters. The second-order valence-electron chi connectivity index (χ2n) is 8.52. The van der Waals surface area contributed by atoms with Gasteiger partial charge in [-0.3, -0.25) is 14.6 Å². The first-order chi connectivity index (χ1) is 15.2. The monoisotopic (exact) mass is 417 g/mol. The fraction of sp³-hybridized carbons (Fsp3) is 0.423. The van der Waals surface area contributed by atoms with E-state index in [2.05, 4.69) is 41.4 Å². The summed E-state index contributed by atoms with van der Waals surface area (Å²) in [6.07, 6.45) is 11.3. The van der Waals surface area contributed by atoms with E-state index in [0.717, 1.165) is 36.0 Å². The van der Waals surface area contributed by atoms with E-state index in [-0.39, 0.29) is 23.7 Å². The van der Waals surface area contributed by atoms with Crippen LogP contribution in [0.1, 0.15) is 31.7 Å². The van der Waals surface area contributed by atoms with E-state index in [1.54, 1.807) is 6.20 Å². The Hall–Kier alpha value is -2.95. The van der Waals surface area contributed by atoms with Gasteiger partial charge in [-0.1, -0.05) is 42.5 Å². The van der Waals surface area contributed by atoms with E-state index in [1.165, 1.54) is 0 Å². The minimum atomic E-state index is -0.199. The molecule has 31 heavy (non-hydrogen) atoms. The van der Waals surface area contributed by atoms with Gasteiger partial charge in [0.15, 0.2) is 0 Å². The van der Waals surface area contributed by atoms with Crippen LogP contribution in [-0.4, -0.2) is 52.8 Å². The number of allylic oxidation sites excluding steroid dienone is 2. The predicted molar refractivity (Wildman–Crippen MR) is 122 cm³/mol. The van der Waals surface area contributed by atoms with Crippen LogP contribution in [0.2, 0.25) is 0 Å². The predicted octanol–water partition coefficient (Wildman–Crippen LogP) is 3.95. The molecule has 2 amide bonds. The zero-order valence-corrected chi connectivity index (χ0v) is 18.2. The number of carbonyl (C=O) groups is 2. The highest BCUT2D eigenvalue weighted by Crippen LogP contribution is 2.25. The second-order valence-corrected chi connectivity index (χ2v) is 8.52. The molecule has 0 radical (unpaired) electrons. The first-order valence-corrected chi connectivity index (χ1v) is 11.4. The average Bonchev–Trinajstić information content (AvgIpc) is 2.99. The van der Waals surface area contributed by atoms with E-state index in [1.807, 2.05) is 35.1 Å². The van der Waals surface area contributed by atoms with Crippen molar-refractivity contribution in [3.05, 3.63) is 66.5 Å². The molecule has 1 aliphatic carbocycles. The van der Waals surface area contributed by atoms with Gasteiger partial charge < -0.3 is 9.80 Å². The lowest BCUT2D eigenvalue weighted by Gasteiger charge is -2.28. The van der Waals surface area contributed by atoms with Crippen LogP contribution in [0.25, 0.3) is 11.1 Å². The van der Waals surface area contributed by atoms with Crippen molar-refractivity contribution < 1.29 is 9.59 Å². The molecule has 0 spiro atoms. The van der Waals surface area contributed by atoms with Gasteiger partial charge >= 0.3 is 0 Å². The topological polar surface area (TPSA) is 53.5 Å². The third-order valence-corrected chi connectivity index (χ3v) is 6.48. The van der Waals surface area contributed by atoms with Gasteiger partial charge in [0.05, 0.1) is 5.92 Å². The molecule has 2 heterocycles. The Balaban J connectivity index is 1.49. The summed E-state index contributed by atoms with van der Waals surface area (Å²) in [7, 11) is 0. The van der Waals surface area contributed by atoms with Crippen molar-refractivity contribution in [1.29, 1.82) is 0 Å². The maximum absolute atomic E-state index is 13.2. The lowest BCUT2D eigenvalue weighted by atomic mass is 9.92. The minimum Gasteiger partial charge on any atom is -0.341 e. The zero-order valence-electron chi connectivity index (χ0n) is 18.2. The highest BCUT2D eigenvalue weighted by Gasteiger charge is 2.34. The first-order valence-electron chi connectivity index (χ1n) is 11.4. The van der Waals surface area contributed by atoms with Crippen molar-refractivity contribution in [2.75, 3.05) is 26.2 Å². The highest BCUT2D eigenvalue weighted by molar-refractivity contribution is 5.83. The van der Waals surface area contributed by atoms with Crippen molar-refractivity contribution >= 4 is 11.8 Å². The number of amides is 2. The summed E-state index contributed by atoms with van der Waals surface area (Å²) in [5, 5.41) is 0. The molecular formula is C26H31N3O2. The van der Waals surface area contributed by atoms with E-state index in [9.17, 15) is 9.59 Å². The first kappa shape index (κ1) is 21.3. The second kappa shape index (κ2) is 9.90. The van der Waals surface area contributed by atoms with Crippen molar-refractivity contribution in [3.63, 3.8) is 0 Å². The van der Waals surface area contributed by atoms with Gasteiger partial charge in [0.1, 0.15) is 0 Å². The number of hydrogen-bond acceptors (Lipinski definition) is 3. The van der Waals surface area contributed by atoms with Crippen molar-refractivity contribution in [2.45, 2.75) is 32.6 Å². The number of benzene rings is 1. The van der Waals surface area contributed by atoms with Crippen LogP contribution in [0.5, 0.6) is 0 Å². The fourth-order valence-electron chi connectivity index (χ4n) is 4.64. The van der Waals surface area contributed by atoms with Crippen LogP contribution in [0.15, 0.2) is 60.9 Å². The summed E-state index contributed by atoms with van der Waals surface area (Å²) in [6.45, 7) is 4.47. The van der Waals surface area contributed by atoms with E-state index in [4.69, 9.17) is 0 Å². The van der Waals surface area contributed by atoms with E-state index < -0.39 is 0 Å². The maximum Gasteiger partial charge on any atom is 0.227 e. The van der Waals surface area contributed by atoms with Crippen LogP contribution in [0.4, 0.5) is 0 Å². The van der Waals surface area contributed by atoms with Gasteiger partial charge in [-0.15, -0.1) is 0 Å². The average molecular weight is 418 g/mol. The number of rotatable bonds is 5. The summed E-state index contributed by atoms with van der Waals surface area (Å²) in [5.74, 6) is 0.243. The Bertz CT molecular complexity index is 923. The van der Waals surface area contributed by atoms with Crippen molar-refractivity contribution in [3.8, 4) is 11.1 Å². The van der Waals surface area contributed by atoms with E-state index >= 15 is 0 Å². The standard InChI is InChI=1S/C26H31N3O2/c1-2-28-15-16-29(25(30)22-7-4-3-5-8-22)19-24(26(28)31)17-20-10-12-21(13-11-20)23-9-6-14-27-18-23/h3-4,6,9-14,18,22,24H,2,5,7-8,15-17,19H2,1H3/t22-,24-/m0/s1. The van der Waals surface area contributed by atoms with Crippen molar-refractivity contribution in [2.24, 2.45) is 11.8 Å². The Kier molecular flexibility index (Phi) is 6.80. The van der Waals surface area contributed by atoms with Gasteiger partial charge in [0.2, 0.25) is 11.8 Å². The SMILES string of the molecule is CCN1CCN(C(=O)[C@H]2CC=CCC2)C[C@H](Cc2ccc(-c3cccnc3)cc2)C1=O. The Morgan fingerprint density at radius 2 is 1.94 bits per heavy atom. The molecule has 5 heteroatoms. The molecule has 1 aliphatic heterocycles. The minimum absolute atomic E-state index is 0.0627. The summed E-state index contributed by atoms with van der Waals surface area (Å²) in [6, 6.07) is 12.3. The van der Waals surface area contributed by atoms with Crippen LogP contribution in [-0.2, 0) is 16.0 Å². The van der Waals surface area contributed by atoms with Gasteiger partial charge in [-0.25, -0.2) is 0 Å². The lowest BCUT2D eigenvalue weighted by Crippen LogP contribution is -2.41. The molecule has 0 saturated carbocycles. The smallest absolute Gasteiger partial charge is 0.227 e. The molecule has 1 aromatic heterocycles. The van der Waals surface area contributed by atoms with E-state index in [0.29, 0.717) is 32.6 Å². The molecule has 2 aliphatic rings. The molecular weight excluding hydrogens is 386 g/mol. The Morgan fingerprint density at radius 3 is 2.61 bits per heavy atom. The molecule has 162 valence electrons. The largest absolute Gasteiger partial charge is 0.341 e. The summed E-state index contributed by atoms with van der Waals surface area (Å²) < 4.78 is 0. The molecule has 1 fully saturated rings. The third-order valence-electron chi connectivity index (χ3n) is 6.48. The molecule has 0 unspecified atom stereocenters. The van der Waals surface area contributed by atoms with Gasteiger partial charge in [-0.05, 0) is 55.4 Å². The number of likely N-dealkylation sites (N-methyl/N-ethyl adjacent to an activating group) is 1. The number of nitrogens with zero attached hydrogens (tertiary/aromatic N) is 3. The number of carbonyl (C=O) groups excluding carboxylic acids is 2. The Labute approximate surface area is 184 Å². The van der Waals surface area contributed by atoms with Crippen LogP contribution < -0.4 is 0 Å². The third kappa shape index (κ3) is 5.04. The fourth-order valence-corrected chi connectivity index (χ4v) is 4.64. The highest BCUT2D eigenvalue weighted by atomic mass is 16.2. The molecule has 1 aromatic carbocycles. The van der Waals surface area contributed by atoms with Crippen LogP contribution >= 0.6 is 0 Å². The lowest BCUT2D eigenvalue weighted by molar-refractivity contribution is -0.136. The normalized spacial score (nSPS) is 21.8. The maximum atomic E-state index is 13.2. The van der Waals surface area contributed by atoms with Crippen LogP contribution in [0, 0.1) is 11.8 Å². The number of hydrogen-bond donors (Lipinski definition) is 0. The molecule has 2 aromatic rings. The van der Waals surface area contributed by atoms with Gasteiger partial charge in [0.25, 0.3) is 0 Å². The molecule has 0 bridgehead atoms.